The summed E-state index contributed by atoms with van der Waals surface area (Å²) in [6.07, 6.45) is 2.32. The molecule has 3 aliphatic heterocycles. The van der Waals surface area contributed by atoms with Crippen molar-refractivity contribution >= 4 is 122 Å². The molecule has 0 fully saturated rings. The van der Waals surface area contributed by atoms with Crippen molar-refractivity contribution in [3.05, 3.63) is 210 Å². The maximum atomic E-state index is 2.73. The summed E-state index contributed by atoms with van der Waals surface area (Å²) in [4.78, 5) is 5.33. The lowest BCUT2D eigenvalue weighted by molar-refractivity contribution is 0.332. The van der Waals surface area contributed by atoms with Crippen LogP contribution < -0.4 is 25.5 Å². The highest BCUT2D eigenvalue weighted by Crippen LogP contribution is 2.56. The number of hydrogen-bond acceptors (Lipinski definition) is 3. The van der Waals surface area contributed by atoms with E-state index in [4.69, 9.17) is 0 Å². The number of fused-ring (bicyclic) bond motifs is 16. The quantitative estimate of drug-likeness (QED) is 0.164. The highest BCUT2D eigenvalue weighted by Gasteiger charge is 2.47. The van der Waals surface area contributed by atoms with E-state index in [0.29, 0.717) is 0 Å². The largest absolute Gasteiger partial charge is 0.310 e. The molecular formula is C71H61BN4S. The molecule has 4 nitrogen and oxygen atoms in total. The highest BCUT2D eigenvalue weighted by atomic mass is 32.1. The number of aromatic nitrogens is 2. The van der Waals surface area contributed by atoms with Gasteiger partial charge in [0.25, 0.3) is 6.71 Å². The lowest BCUT2D eigenvalue weighted by Crippen LogP contribution is -2.59. The predicted molar refractivity (Wildman–Crippen MR) is 331 cm³/mol. The summed E-state index contributed by atoms with van der Waals surface area (Å²) < 4.78 is 7.95. The van der Waals surface area contributed by atoms with E-state index in [2.05, 4.69) is 263 Å². The molecule has 0 amide bonds. The highest BCUT2D eigenvalue weighted by molar-refractivity contribution is 7.33. The van der Waals surface area contributed by atoms with Crippen LogP contribution in [0.4, 0.5) is 34.1 Å². The number of benzene rings is 9. The molecule has 6 heterocycles. The van der Waals surface area contributed by atoms with Crippen LogP contribution in [0.1, 0.15) is 103 Å². The second-order valence-electron chi connectivity index (χ2n) is 25.6. The van der Waals surface area contributed by atoms with Gasteiger partial charge in [0.05, 0.1) is 39.3 Å². The molecule has 6 heteroatoms. The van der Waals surface area contributed by atoms with Crippen LogP contribution in [0.15, 0.2) is 182 Å². The third-order valence-electron chi connectivity index (χ3n) is 18.9. The van der Waals surface area contributed by atoms with Crippen LogP contribution >= 0.6 is 11.3 Å². The summed E-state index contributed by atoms with van der Waals surface area (Å²) in [5, 5.41) is 6.44. The van der Waals surface area contributed by atoms with E-state index in [-0.39, 0.29) is 28.4 Å². The zero-order valence-electron chi connectivity index (χ0n) is 45.5. The van der Waals surface area contributed by atoms with Gasteiger partial charge < -0.3 is 18.9 Å². The lowest BCUT2D eigenvalue weighted by atomic mass is 9.36. The van der Waals surface area contributed by atoms with E-state index in [1.165, 1.54) is 138 Å². The fourth-order valence-electron chi connectivity index (χ4n) is 14.8. The van der Waals surface area contributed by atoms with Gasteiger partial charge in [0.1, 0.15) is 0 Å². The molecule has 12 aromatic rings. The first-order chi connectivity index (χ1) is 37.1. The molecule has 0 radical (unpaired) electrons. The average Bonchev–Trinajstić information content (AvgIpc) is 4.32. The van der Waals surface area contributed by atoms with Crippen molar-refractivity contribution in [2.24, 2.45) is 0 Å². The maximum Gasteiger partial charge on any atom is 0.264 e. The van der Waals surface area contributed by atoms with Crippen LogP contribution in [0.5, 0.6) is 0 Å². The number of thiophene rings is 1. The van der Waals surface area contributed by atoms with Crippen molar-refractivity contribution in [3.63, 3.8) is 0 Å². The third-order valence-corrected chi connectivity index (χ3v) is 20.1. The average molecular weight is 1010 g/mol. The van der Waals surface area contributed by atoms with Crippen molar-refractivity contribution in [1.29, 1.82) is 0 Å². The monoisotopic (exact) mass is 1010 g/mol. The lowest BCUT2D eigenvalue weighted by Gasteiger charge is -2.45. The van der Waals surface area contributed by atoms with Gasteiger partial charge in [0.2, 0.25) is 0 Å². The molecule has 0 saturated carbocycles. The van der Waals surface area contributed by atoms with E-state index >= 15 is 0 Å². The second kappa shape index (κ2) is 15.2. The molecule has 1 aliphatic carbocycles. The molecule has 9 aromatic carbocycles. The van der Waals surface area contributed by atoms with Crippen molar-refractivity contribution in [2.45, 2.75) is 96.8 Å². The standard InChI is InChI=1S/C71H61BN4S/c1-68(2,3)42-30-35-61-49(38-42)66-67(77-61)72-54-26-19-23-46-47-32-34-58-62(48-22-13-16-27-55(48)73(58)43-20-11-10-12-21-43)65(47)76(64(46)54)60-41-45(74-56-28-17-14-24-51(56)71(8,9)52-25-15-18-29-57(52)74)40-59(63(60)72)75(66)44-31-33-50-53(39-44)70(6,7)37-36-69(50,4)5/h10-35,38-41H,36-37H2,1-9H3. The van der Waals surface area contributed by atoms with E-state index in [1.807, 2.05) is 11.3 Å². The van der Waals surface area contributed by atoms with Gasteiger partial charge >= 0.3 is 0 Å². The summed E-state index contributed by atoms with van der Waals surface area (Å²) in [6.45, 7) is 21.7. The Morgan fingerprint density at radius 3 is 1.87 bits per heavy atom. The number of nitrogens with zero attached hydrogens (tertiary/aromatic N) is 4. The Balaban J connectivity index is 1.10. The SMILES string of the molecule is CC(C)(C)c1ccc2sc3c(c2c1)N(c1ccc2c(c1)C(C)(C)CCC2(C)C)c1cc(N2c4ccccc4C(C)(C)c4ccccc42)cc2c1B3c1cccc3c4ccc5c(c6ccccc6n5-c5ccccc5)c4n-2c13. The Kier molecular flexibility index (Phi) is 8.98. The van der Waals surface area contributed by atoms with Crippen LogP contribution in [0.25, 0.3) is 65.1 Å². The zero-order chi connectivity index (χ0) is 52.2. The van der Waals surface area contributed by atoms with Gasteiger partial charge in [-0.1, -0.05) is 172 Å². The molecule has 0 unspecified atom stereocenters. The molecule has 77 heavy (non-hydrogen) atoms. The Morgan fingerprint density at radius 1 is 0.455 bits per heavy atom. The van der Waals surface area contributed by atoms with Gasteiger partial charge in [-0.15, -0.1) is 11.3 Å². The molecule has 374 valence electrons. The normalized spacial score (nSPS) is 16.5. The van der Waals surface area contributed by atoms with Gasteiger partial charge in [0, 0.05) is 70.1 Å². The van der Waals surface area contributed by atoms with Gasteiger partial charge in [-0.2, -0.15) is 0 Å². The molecule has 0 N–H and O–H groups in total. The molecule has 0 bridgehead atoms. The topological polar surface area (TPSA) is 16.3 Å². The Bertz CT molecular complexity index is 4510. The first-order valence-electron chi connectivity index (χ1n) is 27.8. The Morgan fingerprint density at radius 2 is 1.12 bits per heavy atom. The van der Waals surface area contributed by atoms with Crippen LogP contribution in [-0.4, -0.2) is 15.8 Å². The van der Waals surface area contributed by atoms with Crippen molar-refractivity contribution in [1.82, 2.24) is 9.13 Å². The molecule has 0 atom stereocenters. The fraction of sp³-hybridized carbons (Fsp3) is 0.211. The van der Waals surface area contributed by atoms with Crippen molar-refractivity contribution < 1.29 is 0 Å². The molecule has 0 saturated heterocycles. The molecule has 0 spiro atoms. The van der Waals surface area contributed by atoms with Crippen molar-refractivity contribution in [3.8, 4) is 11.4 Å². The molecule has 4 aliphatic rings. The Labute approximate surface area is 455 Å². The minimum Gasteiger partial charge on any atom is -0.310 e. The summed E-state index contributed by atoms with van der Waals surface area (Å²) in [5.41, 5.74) is 24.3. The molecule has 3 aromatic heterocycles. The molecular weight excluding hydrogens is 952 g/mol. The third kappa shape index (κ3) is 6.00. The van der Waals surface area contributed by atoms with Gasteiger partial charge in [0.15, 0.2) is 0 Å². The fourth-order valence-corrected chi connectivity index (χ4v) is 16.1. The number of anilines is 6. The zero-order valence-corrected chi connectivity index (χ0v) is 46.3. The summed E-state index contributed by atoms with van der Waals surface area (Å²) in [6, 6.07) is 70.4. The van der Waals surface area contributed by atoms with E-state index in [9.17, 15) is 0 Å². The summed E-state index contributed by atoms with van der Waals surface area (Å²) >= 11 is 2.00. The van der Waals surface area contributed by atoms with Gasteiger partial charge in [-0.05, 0) is 141 Å². The van der Waals surface area contributed by atoms with Crippen LogP contribution in [-0.2, 0) is 21.7 Å². The van der Waals surface area contributed by atoms with Crippen molar-refractivity contribution in [2.75, 3.05) is 9.80 Å². The summed E-state index contributed by atoms with van der Waals surface area (Å²) in [5.74, 6) is 0. The van der Waals surface area contributed by atoms with Crippen LogP contribution in [0.3, 0.4) is 0 Å². The Hall–Kier alpha value is -7.80. The van der Waals surface area contributed by atoms with Gasteiger partial charge in [-0.25, -0.2) is 0 Å². The summed E-state index contributed by atoms with van der Waals surface area (Å²) in [7, 11) is 0. The number of rotatable bonds is 3. The minimum atomic E-state index is -0.206. The van der Waals surface area contributed by atoms with E-state index in [0.717, 1.165) is 17.8 Å². The van der Waals surface area contributed by atoms with Crippen LogP contribution in [0.2, 0.25) is 0 Å². The number of hydrogen-bond donors (Lipinski definition) is 0. The number of para-hydroxylation sites is 5. The maximum absolute atomic E-state index is 2.73. The van der Waals surface area contributed by atoms with E-state index < -0.39 is 0 Å². The van der Waals surface area contributed by atoms with Gasteiger partial charge in [-0.3, -0.25) is 0 Å². The second-order valence-corrected chi connectivity index (χ2v) is 26.6. The first kappa shape index (κ1) is 45.4. The van der Waals surface area contributed by atoms with Crippen LogP contribution in [0, 0.1) is 0 Å². The smallest absolute Gasteiger partial charge is 0.264 e. The first-order valence-corrected chi connectivity index (χ1v) is 28.7. The molecule has 16 rings (SSSR count). The predicted octanol–water partition coefficient (Wildman–Crippen LogP) is 17.5. The minimum absolute atomic E-state index is 0.00897. The van der Waals surface area contributed by atoms with E-state index in [1.54, 1.807) is 0 Å².